The second kappa shape index (κ2) is 11.8. The van der Waals surface area contributed by atoms with Gasteiger partial charge in [-0.1, -0.05) is 0 Å². The van der Waals surface area contributed by atoms with Gasteiger partial charge in [-0.2, -0.15) is 0 Å². The van der Waals surface area contributed by atoms with Crippen molar-refractivity contribution in [1.82, 2.24) is 0 Å². The fourth-order valence-corrected chi connectivity index (χ4v) is 48.3. The molecule has 33 heavy (non-hydrogen) atoms. The van der Waals surface area contributed by atoms with Crippen molar-refractivity contribution in [1.29, 1.82) is 63.1 Å². The first-order chi connectivity index (χ1) is 15.6. The molecule has 4 atom stereocenters. The maximum absolute atomic E-state index is 9.51. The van der Waals surface area contributed by atoms with E-state index >= 15 is 0 Å². The quantitative estimate of drug-likeness (QED) is 0.287. The second-order valence-corrected chi connectivity index (χ2v) is 38.2. The van der Waals surface area contributed by atoms with Crippen molar-refractivity contribution in [3.63, 3.8) is 0 Å². The maximum atomic E-state index is 9.51. The Morgan fingerprint density at radius 1 is 0.303 bits per heavy atom. The van der Waals surface area contributed by atoms with Crippen molar-refractivity contribution < 1.29 is 13.6 Å². The van der Waals surface area contributed by atoms with Crippen LogP contribution >= 0.6 is 27.1 Å². The Labute approximate surface area is 196 Å². The van der Waals surface area contributed by atoms with E-state index in [1.54, 1.807) is 0 Å². The van der Waals surface area contributed by atoms with Crippen LogP contribution in [0.3, 0.4) is 0 Å². The molecule has 0 saturated carbocycles. The molecule has 0 bridgehead atoms. The number of hydrogen-bond acceptors (Lipinski definition) is 12. The first kappa shape index (κ1) is 29.3. The van der Waals surface area contributed by atoms with E-state index in [1.165, 1.54) is 72.8 Å². The van der Waals surface area contributed by atoms with Crippen LogP contribution in [0.25, 0.3) is 0 Å². The zero-order valence-electron chi connectivity index (χ0n) is 15.7. The van der Waals surface area contributed by atoms with Crippen molar-refractivity contribution in [3.8, 4) is 72.8 Å². The summed E-state index contributed by atoms with van der Waals surface area (Å²) in [5.74, 6) is 0. The number of rotatable bonds is 8. The molecule has 158 valence electrons. The van der Waals surface area contributed by atoms with Crippen LogP contribution in [0.4, 0.5) is 0 Å². The van der Waals surface area contributed by atoms with E-state index < -0.39 is 61.3 Å². The molecule has 0 N–H and O–H groups in total. The summed E-state index contributed by atoms with van der Waals surface area (Å²) in [7, 11) is 0. The molecule has 0 aliphatic carbocycles. The van der Waals surface area contributed by atoms with E-state index in [2.05, 4.69) is 0 Å². The van der Waals surface area contributed by atoms with Crippen LogP contribution in [-0.4, -0.2) is 20.6 Å². The monoisotopic (exact) mass is 594 g/mol. The van der Waals surface area contributed by atoms with E-state index in [0.717, 1.165) is 0 Å². The zero-order chi connectivity index (χ0) is 25.8. The van der Waals surface area contributed by atoms with Crippen LogP contribution < -0.4 is 0 Å². The first-order valence-corrected chi connectivity index (χ1v) is 19.9. The number of nitriles is 12. The normalized spacial score (nSPS) is 14.4. The van der Waals surface area contributed by atoms with Crippen LogP contribution in [0.2, 0.25) is 0 Å². The molecule has 0 heterocycles. The molecule has 0 aliphatic rings. The van der Waals surface area contributed by atoms with Crippen LogP contribution in [0.15, 0.2) is 0 Å². The summed E-state index contributed by atoms with van der Waals surface area (Å²) in [6.45, 7) is -4.61. The van der Waals surface area contributed by atoms with Gasteiger partial charge in [-0.05, 0) is 0 Å². The second-order valence-electron chi connectivity index (χ2n) is 5.13. The molecule has 12 nitrogen and oxygen atoms in total. The molecule has 0 aliphatic heterocycles. The summed E-state index contributed by atoms with van der Waals surface area (Å²) >= 11 is -4.31. The number of hydrogen-bond donors (Lipinski definition) is 0. The minimum absolute atomic E-state index is 1.15. The van der Waals surface area contributed by atoms with Crippen LogP contribution in [0.5, 0.6) is 0 Å². The average Bonchev–Trinajstić information content (AvgIpc) is 2.88. The van der Waals surface area contributed by atoms with Crippen LogP contribution in [0, 0.1) is 136 Å². The zero-order valence-corrected chi connectivity index (χ0v) is 21.2. The molecule has 17 heteroatoms. The molecule has 0 fully saturated rings. The molecule has 0 rings (SSSR count). The molecule has 0 spiro atoms. The third-order valence-corrected chi connectivity index (χ3v) is 37.0. The Morgan fingerprint density at radius 2 is 0.424 bits per heavy atom. The van der Waals surface area contributed by atoms with Crippen molar-refractivity contribution in [2.24, 2.45) is 0 Å². The molecule has 0 aromatic carbocycles. The molecule has 0 amide bonds. The summed E-state index contributed by atoms with van der Waals surface area (Å²) in [5.41, 5.74) is 0. The Bertz CT molecular complexity index is 996. The van der Waals surface area contributed by atoms with Gasteiger partial charge in [-0.3, -0.25) is 0 Å². The van der Waals surface area contributed by atoms with Gasteiger partial charge in [0.2, 0.25) is 0 Å². The van der Waals surface area contributed by atoms with Gasteiger partial charge in [-0.25, -0.2) is 0 Å². The average molecular weight is 595 g/mol. The summed E-state index contributed by atoms with van der Waals surface area (Å²) in [4.78, 5) is 0. The fraction of sp³-hybridized carbons (Fsp3) is 0.250. The Balaban J connectivity index is 7.67. The predicted octanol–water partition coefficient (Wildman–Crippen LogP) is 1.75. The van der Waals surface area contributed by atoms with E-state index in [4.69, 9.17) is 0 Å². The summed E-state index contributed by atoms with van der Waals surface area (Å²) in [6.07, 6.45) is 0. The molecule has 4 unspecified atom stereocenters. The Morgan fingerprint density at radius 3 is 0.515 bits per heavy atom. The van der Waals surface area contributed by atoms with Gasteiger partial charge in [0.05, 0.1) is 0 Å². The van der Waals surface area contributed by atoms with Crippen molar-refractivity contribution >= 4 is 27.1 Å². The molecular formula is C16H4N12P4Pd. The molecule has 0 aromatic rings. The third kappa shape index (κ3) is 6.16. The van der Waals surface area contributed by atoms with Gasteiger partial charge in [0, 0.05) is 0 Å². The molecule has 0 saturated heterocycles. The topological polar surface area (TPSA) is 285 Å². The van der Waals surface area contributed by atoms with Gasteiger partial charge in [0.1, 0.15) is 0 Å². The Kier molecular flexibility index (Phi) is 10.4. The SMILES string of the molecule is N#CC(C#N)(C#N)[PH][Pd]([PH]C(C#N)(C#N)C#N)([PH]C(C#N)(C#N)C#N)[PH]C(C#N)(C#N)C#N. The summed E-state index contributed by atoms with van der Waals surface area (Å²) in [6, 6.07) is 17.8. The molecule has 0 aromatic heterocycles. The van der Waals surface area contributed by atoms with Gasteiger partial charge in [0.25, 0.3) is 0 Å². The van der Waals surface area contributed by atoms with Gasteiger partial charge in [-0.15, -0.1) is 0 Å². The number of nitrogens with zero attached hydrogens (tertiary/aromatic N) is 12. The predicted molar refractivity (Wildman–Crippen MR) is 112 cm³/mol. The van der Waals surface area contributed by atoms with Gasteiger partial charge < -0.3 is 0 Å². The van der Waals surface area contributed by atoms with Crippen molar-refractivity contribution in [2.75, 3.05) is 0 Å². The van der Waals surface area contributed by atoms with E-state index in [1.807, 2.05) is 0 Å². The molecule has 0 radical (unpaired) electrons. The summed E-state index contributed by atoms with van der Waals surface area (Å²) < 4.78 is 0. The first-order valence-electron chi connectivity index (χ1n) is 7.32. The van der Waals surface area contributed by atoms with Crippen LogP contribution in [-0.2, 0) is 13.6 Å². The molecular weight excluding hydrogens is 591 g/mol. The van der Waals surface area contributed by atoms with E-state index in [9.17, 15) is 63.1 Å². The van der Waals surface area contributed by atoms with Crippen molar-refractivity contribution in [3.05, 3.63) is 0 Å². The van der Waals surface area contributed by atoms with Gasteiger partial charge >= 0.3 is 197 Å². The van der Waals surface area contributed by atoms with Gasteiger partial charge in [0.15, 0.2) is 0 Å². The Hall–Kier alpha value is -3.74. The standard InChI is InChI=1S/4C4HN3P.Pd/c4*5-1-4(8,2-6)3-7;/h4*8H;/q4*-1;+4. The van der Waals surface area contributed by atoms with E-state index in [0.29, 0.717) is 0 Å². The fourth-order valence-electron chi connectivity index (χ4n) is 1.34. The summed E-state index contributed by atoms with van der Waals surface area (Å²) in [5, 5.41) is 104. The van der Waals surface area contributed by atoms with E-state index in [-0.39, 0.29) is 0 Å². The van der Waals surface area contributed by atoms with Crippen LogP contribution in [0.1, 0.15) is 0 Å². The van der Waals surface area contributed by atoms with Crippen molar-refractivity contribution in [2.45, 2.75) is 20.6 Å². The third-order valence-electron chi connectivity index (χ3n) is 2.96. The minimum atomic E-state index is -4.31.